The summed E-state index contributed by atoms with van der Waals surface area (Å²) in [5.41, 5.74) is 7.77. The number of esters is 1. The summed E-state index contributed by atoms with van der Waals surface area (Å²) in [5, 5.41) is 13.6. The maximum absolute atomic E-state index is 13.8. The molecule has 0 spiro atoms. The van der Waals surface area contributed by atoms with Gasteiger partial charge >= 0.3 is 5.97 Å². The monoisotopic (exact) mass is 475 g/mol. The molecule has 6 nitrogen and oxygen atoms in total. The van der Waals surface area contributed by atoms with Crippen molar-refractivity contribution >= 4 is 11.8 Å². The van der Waals surface area contributed by atoms with E-state index in [1.165, 1.54) is 22.3 Å². The third kappa shape index (κ3) is 4.76. The van der Waals surface area contributed by atoms with E-state index in [1.54, 1.807) is 32.2 Å². The van der Waals surface area contributed by atoms with E-state index in [0.717, 1.165) is 5.70 Å². The zero-order valence-electron chi connectivity index (χ0n) is 21.0. The van der Waals surface area contributed by atoms with Crippen LogP contribution in [-0.2, 0) is 19.1 Å². The van der Waals surface area contributed by atoms with Crippen LogP contribution in [-0.4, -0.2) is 37.2 Å². The van der Waals surface area contributed by atoms with Crippen LogP contribution in [0.4, 0.5) is 0 Å². The molecule has 2 aliphatic rings. The fourth-order valence-electron chi connectivity index (χ4n) is 5.74. The number of aryl methyl sites for hydroxylation is 3. The quantitative estimate of drug-likeness (QED) is 0.580. The van der Waals surface area contributed by atoms with E-state index in [-0.39, 0.29) is 30.7 Å². The second kappa shape index (κ2) is 10.1. The molecule has 0 aromatic heterocycles. The number of aromatic hydroxyl groups is 1. The van der Waals surface area contributed by atoms with Gasteiger partial charge in [-0.05, 0) is 74.4 Å². The number of rotatable bonds is 6. The van der Waals surface area contributed by atoms with Crippen LogP contribution in [0.15, 0.2) is 58.9 Å². The van der Waals surface area contributed by atoms with Crippen LogP contribution in [0.25, 0.3) is 0 Å². The van der Waals surface area contributed by atoms with Gasteiger partial charge in [-0.3, -0.25) is 4.79 Å². The smallest absolute Gasteiger partial charge is 0.336 e. The highest BCUT2D eigenvalue weighted by molar-refractivity contribution is 6.04. The minimum atomic E-state index is -0.642. The molecule has 0 radical (unpaired) electrons. The Morgan fingerprint density at radius 2 is 1.83 bits per heavy atom. The number of phenols is 1. The first kappa shape index (κ1) is 24.7. The van der Waals surface area contributed by atoms with Crippen molar-refractivity contribution in [3.05, 3.63) is 86.8 Å². The predicted molar refractivity (Wildman–Crippen MR) is 134 cm³/mol. The van der Waals surface area contributed by atoms with Gasteiger partial charge < -0.3 is 19.9 Å². The molecule has 2 N–H and O–H groups in total. The Balaban J connectivity index is 1.86. The summed E-state index contributed by atoms with van der Waals surface area (Å²) in [4.78, 5) is 27.0. The highest BCUT2D eigenvalue weighted by atomic mass is 16.5. The van der Waals surface area contributed by atoms with Crippen molar-refractivity contribution in [1.29, 1.82) is 0 Å². The van der Waals surface area contributed by atoms with Crippen LogP contribution in [0.2, 0.25) is 0 Å². The first-order valence-corrected chi connectivity index (χ1v) is 12.0. The molecule has 0 saturated heterocycles. The lowest BCUT2D eigenvalue weighted by molar-refractivity contribution is -0.138. The van der Waals surface area contributed by atoms with Gasteiger partial charge in [0, 0.05) is 30.7 Å². The van der Waals surface area contributed by atoms with Gasteiger partial charge in [0.15, 0.2) is 5.78 Å². The Morgan fingerprint density at radius 3 is 2.46 bits per heavy atom. The summed E-state index contributed by atoms with van der Waals surface area (Å²) in [5.74, 6) is -1.03. The highest BCUT2D eigenvalue weighted by Crippen LogP contribution is 2.47. The molecule has 2 aromatic carbocycles. The van der Waals surface area contributed by atoms with E-state index in [9.17, 15) is 14.7 Å². The molecular formula is C29H33NO5. The molecule has 35 heavy (non-hydrogen) atoms. The van der Waals surface area contributed by atoms with Crippen LogP contribution in [0.5, 0.6) is 5.75 Å². The minimum absolute atomic E-state index is 0.00488. The minimum Gasteiger partial charge on any atom is -0.508 e. The molecule has 0 saturated carbocycles. The normalized spacial score (nSPS) is 20.0. The summed E-state index contributed by atoms with van der Waals surface area (Å²) in [6.07, 6.45) is 1.00. The van der Waals surface area contributed by atoms with E-state index < -0.39 is 11.9 Å². The van der Waals surface area contributed by atoms with Crippen LogP contribution in [0.3, 0.4) is 0 Å². The van der Waals surface area contributed by atoms with E-state index in [1.807, 2.05) is 6.07 Å². The maximum atomic E-state index is 13.8. The summed E-state index contributed by atoms with van der Waals surface area (Å²) < 4.78 is 10.8. The summed E-state index contributed by atoms with van der Waals surface area (Å²) >= 11 is 0. The average Bonchev–Trinajstić information content (AvgIpc) is 2.78. The topological polar surface area (TPSA) is 84.9 Å². The van der Waals surface area contributed by atoms with Crippen molar-refractivity contribution in [2.45, 2.75) is 52.4 Å². The standard InChI is InChI=1S/C29H33NO5/c1-6-35-29(33)28-23(15-34-5)30-22-13-20(25-17(3)10-16(2)11-18(25)4)14-24(32)27(22)26(28)19-8-7-9-21(31)12-19/h7-12,20,26,30-31H,6,13-15H2,1-5H3. The van der Waals surface area contributed by atoms with E-state index >= 15 is 0 Å². The van der Waals surface area contributed by atoms with Crippen molar-refractivity contribution < 1.29 is 24.2 Å². The Bertz CT molecular complexity index is 1220. The van der Waals surface area contributed by atoms with Gasteiger partial charge in [0.25, 0.3) is 0 Å². The lowest BCUT2D eigenvalue weighted by Crippen LogP contribution is -2.38. The number of phenolic OH excluding ortho intramolecular Hbond substituents is 1. The fraction of sp³-hybridized carbons (Fsp3) is 0.379. The maximum Gasteiger partial charge on any atom is 0.336 e. The largest absolute Gasteiger partial charge is 0.508 e. The third-order valence-corrected chi connectivity index (χ3v) is 6.85. The Labute approximate surface area is 206 Å². The number of carbonyl (C=O) groups is 2. The van der Waals surface area contributed by atoms with Crippen LogP contribution >= 0.6 is 0 Å². The number of carbonyl (C=O) groups excluding carboxylic acids is 2. The SMILES string of the molecule is CCOC(=O)C1=C(COC)NC2=C(C(=O)CC(c3c(C)cc(C)cc3C)C2)C1c1cccc(O)c1. The van der Waals surface area contributed by atoms with Crippen LogP contribution in [0.1, 0.15) is 59.4 Å². The molecule has 0 amide bonds. The molecule has 4 rings (SSSR count). The number of ether oxygens (including phenoxy) is 2. The molecule has 0 bridgehead atoms. The van der Waals surface area contributed by atoms with Crippen molar-refractivity contribution in [3.63, 3.8) is 0 Å². The van der Waals surface area contributed by atoms with Gasteiger partial charge in [-0.1, -0.05) is 29.8 Å². The molecule has 2 unspecified atom stereocenters. The van der Waals surface area contributed by atoms with Gasteiger partial charge in [0.05, 0.1) is 24.5 Å². The molecule has 6 heteroatoms. The molecule has 184 valence electrons. The van der Waals surface area contributed by atoms with E-state index in [4.69, 9.17) is 9.47 Å². The first-order chi connectivity index (χ1) is 16.7. The highest BCUT2D eigenvalue weighted by Gasteiger charge is 2.42. The Morgan fingerprint density at radius 1 is 1.11 bits per heavy atom. The lowest BCUT2D eigenvalue weighted by Gasteiger charge is -2.38. The molecule has 1 aliphatic heterocycles. The summed E-state index contributed by atoms with van der Waals surface area (Å²) in [6, 6.07) is 11.1. The zero-order valence-corrected chi connectivity index (χ0v) is 21.0. The van der Waals surface area contributed by atoms with E-state index in [2.05, 4.69) is 38.2 Å². The molecule has 1 aliphatic carbocycles. The van der Waals surface area contributed by atoms with Gasteiger partial charge in [0.2, 0.25) is 0 Å². The van der Waals surface area contributed by atoms with Crippen LogP contribution < -0.4 is 5.32 Å². The van der Waals surface area contributed by atoms with Gasteiger partial charge in [-0.25, -0.2) is 4.79 Å². The number of hydrogen-bond donors (Lipinski definition) is 2. The molecule has 2 aromatic rings. The number of nitrogens with one attached hydrogen (secondary N) is 1. The zero-order chi connectivity index (χ0) is 25.3. The van der Waals surface area contributed by atoms with Crippen molar-refractivity contribution in [1.82, 2.24) is 5.32 Å². The van der Waals surface area contributed by atoms with Crippen molar-refractivity contribution in [2.24, 2.45) is 0 Å². The summed E-state index contributed by atoms with van der Waals surface area (Å²) in [7, 11) is 1.57. The van der Waals surface area contributed by atoms with Crippen LogP contribution in [0, 0.1) is 20.8 Å². The fourth-order valence-corrected chi connectivity index (χ4v) is 5.74. The number of methoxy groups -OCH3 is 1. The van der Waals surface area contributed by atoms with Gasteiger partial charge in [-0.2, -0.15) is 0 Å². The molecular weight excluding hydrogens is 442 g/mol. The lowest BCUT2D eigenvalue weighted by atomic mass is 9.70. The van der Waals surface area contributed by atoms with E-state index in [0.29, 0.717) is 35.2 Å². The van der Waals surface area contributed by atoms with Gasteiger partial charge in [-0.15, -0.1) is 0 Å². The number of allylic oxidation sites excluding steroid dienone is 2. The second-order valence-electron chi connectivity index (χ2n) is 9.43. The molecule has 0 fully saturated rings. The second-order valence-corrected chi connectivity index (χ2v) is 9.43. The Hall–Kier alpha value is -3.38. The third-order valence-electron chi connectivity index (χ3n) is 6.85. The predicted octanol–water partition coefficient (Wildman–Crippen LogP) is 4.87. The number of ketones is 1. The average molecular weight is 476 g/mol. The molecule has 2 atom stereocenters. The number of Topliss-reactive ketones (excluding diaryl/α,β-unsaturated/α-hetero) is 1. The number of benzene rings is 2. The van der Waals surface area contributed by atoms with Gasteiger partial charge in [0.1, 0.15) is 5.75 Å². The van der Waals surface area contributed by atoms with Crippen molar-refractivity contribution in [2.75, 3.05) is 20.3 Å². The Kier molecular flexibility index (Phi) is 7.13. The molecule has 1 heterocycles. The first-order valence-electron chi connectivity index (χ1n) is 12.0. The number of hydrogen-bond acceptors (Lipinski definition) is 6. The number of dihydropyridines is 1. The summed E-state index contributed by atoms with van der Waals surface area (Å²) in [6.45, 7) is 8.41. The van der Waals surface area contributed by atoms with Crippen molar-refractivity contribution in [3.8, 4) is 5.75 Å².